The highest BCUT2D eigenvalue weighted by Crippen LogP contribution is 2.22. The summed E-state index contributed by atoms with van der Waals surface area (Å²) in [4.78, 5) is 22.2. The van der Waals surface area contributed by atoms with Gasteiger partial charge in [-0.3, -0.25) is 4.79 Å². The number of para-hydroxylation sites is 2. The van der Waals surface area contributed by atoms with Gasteiger partial charge in [0.25, 0.3) is 5.91 Å². The number of benzene rings is 2. The van der Waals surface area contributed by atoms with E-state index in [1.165, 1.54) is 10.9 Å². The normalized spacial score (nSPS) is 10.8. The van der Waals surface area contributed by atoms with Gasteiger partial charge in [-0.2, -0.15) is 0 Å². The number of aromatic nitrogens is 2. The van der Waals surface area contributed by atoms with Crippen LogP contribution >= 0.6 is 0 Å². The number of anilines is 2. The van der Waals surface area contributed by atoms with Crippen molar-refractivity contribution >= 4 is 28.3 Å². The van der Waals surface area contributed by atoms with E-state index in [0.29, 0.717) is 12.1 Å². The van der Waals surface area contributed by atoms with Crippen molar-refractivity contribution < 1.29 is 4.79 Å². The van der Waals surface area contributed by atoms with Crippen LogP contribution in [-0.4, -0.2) is 29.5 Å². The first kappa shape index (κ1) is 17.8. The van der Waals surface area contributed by atoms with Crippen LogP contribution < -0.4 is 10.2 Å². The highest BCUT2D eigenvalue weighted by atomic mass is 16.1. The van der Waals surface area contributed by atoms with Crippen LogP contribution in [0, 0.1) is 0 Å². The van der Waals surface area contributed by atoms with E-state index in [1.807, 2.05) is 66.7 Å². The van der Waals surface area contributed by atoms with Crippen molar-refractivity contribution in [1.29, 1.82) is 0 Å². The first-order valence-corrected chi connectivity index (χ1v) is 9.30. The fraction of sp³-hybridized carbons (Fsp3) is 0.130. The van der Waals surface area contributed by atoms with E-state index < -0.39 is 0 Å². The van der Waals surface area contributed by atoms with Gasteiger partial charge in [0.15, 0.2) is 0 Å². The van der Waals surface area contributed by atoms with Crippen LogP contribution in [0.3, 0.4) is 0 Å². The molecule has 0 saturated heterocycles. The Balaban J connectivity index is 1.41. The topological polar surface area (TPSA) is 61.0 Å². The molecule has 2 N–H and O–H groups in total. The molecule has 0 unspecified atom stereocenters. The lowest BCUT2D eigenvalue weighted by Crippen LogP contribution is -2.26. The quantitative estimate of drug-likeness (QED) is 0.532. The standard InChI is InChI=1S/C23H22N4O/c1-27(19-7-3-2-4-8-19)22-15-17(11-13-24-22)23(28)25-14-12-18-16-26-21-10-6-5-9-20(18)21/h2-11,13,15-16,26H,12,14H2,1H3,(H,25,28). The molecule has 140 valence electrons. The SMILES string of the molecule is CN(c1ccccc1)c1cc(C(=O)NCCc2c[nH]c3ccccc23)ccn1. The highest BCUT2D eigenvalue weighted by Gasteiger charge is 2.11. The molecule has 4 rings (SSSR count). The summed E-state index contributed by atoms with van der Waals surface area (Å²) in [6, 6.07) is 21.7. The van der Waals surface area contributed by atoms with Crippen molar-refractivity contribution in [1.82, 2.24) is 15.3 Å². The summed E-state index contributed by atoms with van der Waals surface area (Å²) >= 11 is 0. The van der Waals surface area contributed by atoms with Crippen molar-refractivity contribution in [2.75, 3.05) is 18.5 Å². The number of fused-ring (bicyclic) bond motifs is 1. The number of pyridine rings is 1. The molecule has 0 atom stereocenters. The van der Waals surface area contributed by atoms with Crippen molar-refractivity contribution in [2.24, 2.45) is 0 Å². The summed E-state index contributed by atoms with van der Waals surface area (Å²) in [7, 11) is 1.94. The molecular weight excluding hydrogens is 348 g/mol. The third-order valence-electron chi connectivity index (χ3n) is 4.85. The second-order valence-corrected chi connectivity index (χ2v) is 6.66. The largest absolute Gasteiger partial charge is 0.361 e. The number of aromatic amines is 1. The first-order chi connectivity index (χ1) is 13.7. The minimum absolute atomic E-state index is 0.0926. The highest BCUT2D eigenvalue weighted by molar-refractivity contribution is 5.95. The summed E-state index contributed by atoms with van der Waals surface area (Å²) in [5.74, 6) is 0.639. The molecule has 0 saturated carbocycles. The predicted octanol–water partition coefficient (Wildman–Crippen LogP) is 4.30. The van der Waals surface area contributed by atoms with Crippen LogP contribution in [0.2, 0.25) is 0 Å². The van der Waals surface area contributed by atoms with Crippen LogP contribution in [0.25, 0.3) is 10.9 Å². The molecule has 2 aromatic carbocycles. The van der Waals surface area contributed by atoms with Crippen molar-refractivity contribution in [2.45, 2.75) is 6.42 Å². The fourth-order valence-electron chi connectivity index (χ4n) is 3.28. The maximum Gasteiger partial charge on any atom is 0.251 e. The van der Waals surface area contributed by atoms with Gasteiger partial charge in [-0.15, -0.1) is 0 Å². The van der Waals surface area contributed by atoms with Gasteiger partial charge >= 0.3 is 0 Å². The van der Waals surface area contributed by atoms with Gasteiger partial charge in [-0.1, -0.05) is 36.4 Å². The Labute approximate surface area is 164 Å². The van der Waals surface area contributed by atoms with Gasteiger partial charge in [0.1, 0.15) is 5.82 Å². The Bertz CT molecular complexity index is 1090. The zero-order valence-electron chi connectivity index (χ0n) is 15.7. The number of carbonyl (C=O) groups excluding carboxylic acids is 1. The van der Waals surface area contributed by atoms with E-state index in [2.05, 4.69) is 27.4 Å². The molecule has 28 heavy (non-hydrogen) atoms. The van der Waals surface area contributed by atoms with Gasteiger partial charge in [-0.05, 0) is 42.3 Å². The molecule has 1 amide bonds. The average molecular weight is 370 g/mol. The number of H-pyrrole nitrogens is 1. The maximum atomic E-state index is 12.6. The lowest BCUT2D eigenvalue weighted by molar-refractivity contribution is 0.0954. The molecule has 0 aliphatic heterocycles. The van der Waals surface area contributed by atoms with Crippen LogP contribution in [-0.2, 0) is 6.42 Å². The zero-order valence-corrected chi connectivity index (χ0v) is 15.7. The zero-order chi connectivity index (χ0) is 19.3. The molecule has 0 aliphatic rings. The van der Waals surface area contributed by atoms with Crippen molar-refractivity contribution in [3.05, 3.63) is 90.3 Å². The van der Waals surface area contributed by atoms with Crippen LogP contribution in [0.4, 0.5) is 11.5 Å². The molecule has 2 heterocycles. The number of nitrogens with zero attached hydrogens (tertiary/aromatic N) is 2. The summed E-state index contributed by atoms with van der Waals surface area (Å²) < 4.78 is 0. The summed E-state index contributed by atoms with van der Waals surface area (Å²) in [5.41, 5.74) is 3.94. The predicted molar refractivity (Wildman–Crippen MR) is 113 cm³/mol. The van der Waals surface area contributed by atoms with Gasteiger partial charge < -0.3 is 15.2 Å². The number of nitrogens with one attached hydrogen (secondary N) is 2. The van der Waals surface area contributed by atoms with E-state index in [-0.39, 0.29) is 5.91 Å². The Hall–Kier alpha value is -3.60. The van der Waals surface area contributed by atoms with Crippen LogP contribution in [0.15, 0.2) is 79.1 Å². The molecule has 4 aromatic rings. The lowest BCUT2D eigenvalue weighted by atomic mass is 10.1. The number of carbonyl (C=O) groups is 1. The smallest absolute Gasteiger partial charge is 0.251 e. The van der Waals surface area contributed by atoms with E-state index in [4.69, 9.17) is 0 Å². The van der Waals surface area contributed by atoms with Gasteiger partial charge in [-0.25, -0.2) is 4.98 Å². The van der Waals surface area contributed by atoms with Gasteiger partial charge in [0.2, 0.25) is 0 Å². The monoisotopic (exact) mass is 370 g/mol. The van der Waals surface area contributed by atoms with E-state index in [0.717, 1.165) is 23.4 Å². The molecule has 0 bridgehead atoms. The number of rotatable bonds is 6. The fourth-order valence-corrected chi connectivity index (χ4v) is 3.28. The van der Waals surface area contributed by atoms with E-state index in [9.17, 15) is 4.79 Å². The van der Waals surface area contributed by atoms with Gasteiger partial charge in [0.05, 0.1) is 0 Å². The van der Waals surface area contributed by atoms with Crippen LogP contribution in [0.5, 0.6) is 0 Å². The lowest BCUT2D eigenvalue weighted by Gasteiger charge is -2.18. The Morgan fingerprint density at radius 2 is 1.86 bits per heavy atom. The summed E-state index contributed by atoms with van der Waals surface area (Å²) in [6.45, 7) is 0.576. The second-order valence-electron chi connectivity index (χ2n) is 6.66. The van der Waals surface area contributed by atoms with Gasteiger partial charge in [0, 0.05) is 48.1 Å². The Kier molecular flexibility index (Phi) is 5.06. The average Bonchev–Trinajstić information content (AvgIpc) is 3.17. The summed E-state index contributed by atoms with van der Waals surface area (Å²) in [5, 5.41) is 4.21. The Morgan fingerprint density at radius 3 is 2.71 bits per heavy atom. The Morgan fingerprint density at radius 1 is 1.07 bits per heavy atom. The molecule has 0 aliphatic carbocycles. The third kappa shape index (κ3) is 3.74. The number of hydrogen-bond donors (Lipinski definition) is 2. The van der Waals surface area contributed by atoms with E-state index >= 15 is 0 Å². The molecule has 0 spiro atoms. The number of amides is 1. The maximum absolute atomic E-state index is 12.6. The van der Waals surface area contributed by atoms with Crippen molar-refractivity contribution in [3.8, 4) is 0 Å². The summed E-state index contributed by atoms with van der Waals surface area (Å²) in [6.07, 6.45) is 4.46. The first-order valence-electron chi connectivity index (χ1n) is 9.30. The van der Waals surface area contributed by atoms with Crippen molar-refractivity contribution in [3.63, 3.8) is 0 Å². The minimum atomic E-state index is -0.0926. The third-order valence-corrected chi connectivity index (χ3v) is 4.85. The minimum Gasteiger partial charge on any atom is -0.361 e. The molecule has 2 aromatic heterocycles. The van der Waals surface area contributed by atoms with Crippen LogP contribution in [0.1, 0.15) is 15.9 Å². The second kappa shape index (κ2) is 7.96. The molecule has 0 fully saturated rings. The molecule has 0 radical (unpaired) electrons. The van der Waals surface area contributed by atoms with E-state index in [1.54, 1.807) is 12.3 Å². The molecule has 5 nitrogen and oxygen atoms in total. The molecular formula is C23H22N4O. The molecule has 5 heteroatoms. The number of hydrogen-bond acceptors (Lipinski definition) is 3.